The molecule has 0 unspecified atom stereocenters. The third-order valence-corrected chi connectivity index (χ3v) is 7.91. The van der Waals surface area contributed by atoms with Crippen molar-refractivity contribution in [3.8, 4) is 11.3 Å². The highest BCUT2D eigenvalue weighted by atomic mass is 32.1. The standard InChI is InChI=1S/C26H33FN4O4S/c1-13(2)10-19(26(34)31-11-18(27)23-22(31)20(32)12-35-23)29-24(33)17-8-6-16(7-9-17)21-15(4)36-25(30-21)14(3)28-5/h6-9,13-14,18-19,22-23,28H,10-12H2,1-5H3,(H,29,33)/t14-,18-,19-,22+,23+/m0/s1. The maximum Gasteiger partial charge on any atom is 0.251 e. The van der Waals surface area contributed by atoms with Gasteiger partial charge in [0.2, 0.25) is 5.91 Å². The summed E-state index contributed by atoms with van der Waals surface area (Å²) in [5, 5.41) is 7.01. The van der Waals surface area contributed by atoms with E-state index in [0.717, 1.165) is 21.1 Å². The molecule has 2 saturated heterocycles. The van der Waals surface area contributed by atoms with Gasteiger partial charge in [-0.15, -0.1) is 11.3 Å². The Morgan fingerprint density at radius 2 is 1.94 bits per heavy atom. The number of halogens is 1. The molecule has 2 amide bonds. The van der Waals surface area contributed by atoms with Crippen LogP contribution in [-0.4, -0.2) is 72.0 Å². The van der Waals surface area contributed by atoms with Gasteiger partial charge in [0.05, 0.1) is 18.3 Å². The van der Waals surface area contributed by atoms with E-state index in [4.69, 9.17) is 9.72 Å². The Balaban J connectivity index is 1.49. The van der Waals surface area contributed by atoms with Crippen molar-refractivity contribution in [1.29, 1.82) is 0 Å². The van der Waals surface area contributed by atoms with Crippen molar-refractivity contribution in [3.63, 3.8) is 0 Å². The average molecular weight is 517 g/mol. The normalized spacial score (nSPS) is 23.1. The molecule has 0 aliphatic carbocycles. The molecule has 2 aliphatic rings. The predicted molar refractivity (Wildman–Crippen MR) is 136 cm³/mol. The fourth-order valence-corrected chi connectivity index (χ4v) is 5.74. The molecule has 4 rings (SSSR count). The molecule has 36 heavy (non-hydrogen) atoms. The van der Waals surface area contributed by atoms with E-state index in [-0.39, 0.29) is 30.9 Å². The van der Waals surface area contributed by atoms with Crippen LogP contribution in [0.2, 0.25) is 0 Å². The fraction of sp³-hybridized carbons (Fsp3) is 0.538. The third kappa shape index (κ3) is 5.21. The number of benzene rings is 1. The van der Waals surface area contributed by atoms with Gasteiger partial charge < -0.3 is 20.3 Å². The molecule has 5 atom stereocenters. The number of aromatic nitrogens is 1. The zero-order valence-electron chi connectivity index (χ0n) is 21.2. The van der Waals surface area contributed by atoms with Crippen molar-refractivity contribution in [2.75, 3.05) is 20.2 Å². The maximum atomic E-state index is 14.4. The lowest BCUT2D eigenvalue weighted by molar-refractivity contribution is -0.138. The van der Waals surface area contributed by atoms with Gasteiger partial charge in [0, 0.05) is 16.0 Å². The van der Waals surface area contributed by atoms with Crippen LogP contribution in [0.5, 0.6) is 0 Å². The van der Waals surface area contributed by atoms with Crippen LogP contribution in [0.3, 0.4) is 0 Å². The molecule has 0 radical (unpaired) electrons. The van der Waals surface area contributed by atoms with Gasteiger partial charge in [-0.2, -0.15) is 0 Å². The number of likely N-dealkylation sites (tertiary alicyclic amines) is 1. The van der Waals surface area contributed by atoms with Crippen molar-refractivity contribution in [3.05, 3.63) is 39.7 Å². The summed E-state index contributed by atoms with van der Waals surface area (Å²) in [6, 6.07) is 5.46. The number of ether oxygens (including phenoxy) is 1. The van der Waals surface area contributed by atoms with E-state index in [0.29, 0.717) is 12.0 Å². The lowest BCUT2D eigenvalue weighted by Crippen LogP contribution is -2.52. The number of aryl methyl sites for hydroxylation is 1. The number of hydrogen-bond donors (Lipinski definition) is 2. The molecule has 0 saturated carbocycles. The molecule has 8 nitrogen and oxygen atoms in total. The van der Waals surface area contributed by atoms with Gasteiger partial charge in [-0.25, -0.2) is 9.37 Å². The van der Waals surface area contributed by atoms with Gasteiger partial charge in [0.1, 0.15) is 36.0 Å². The predicted octanol–water partition coefficient (Wildman–Crippen LogP) is 3.06. The average Bonchev–Trinajstić information content (AvgIpc) is 3.53. The second-order valence-electron chi connectivity index (χ2n) is 9.89. The van der Waals surface area contributed by atoms with E-state index in [1.54, 1.807) is 23.5 Å². The Morgan fingerprint density at radius 3 is 2.58 bits per heavy atom. The smallest absolute Gasteiger partial charge is 0.251 e. The number of amides is 2. The number of hydrogen-bond acceptors (Lipinski definition) is 7. The minimum absolute atomic E-state index is 0.0959. The lowest BCUT2D eigenvalue weighted by Gasteiger charge is -2.28. The number of carbonyl (C=O) groups excluding carboxylic acids is 3. The van der Waals surface area contributed by atoms with Crippen LogP contribution in [0.1, 0.15) is 53.5 Å². The molecule has 0 spiro atoms. The van der Waals surface area contributed by atoms with Crippen molar-refractivity contribution in [1.82, 2.24) is 20.5 Å². The van der Waals surface area contributed by atoms with Crippen LogP contribution >= 0.6 is 11.3 Å². The summed E-state index contributed by atoms with van der Waals surface area (Å²) in [7, 11) is 1.89. The van der Waals surface area contributed by atoms with Gasteiger partial charge in [-0.1, -0.05) is 26.0 Å². The molecule has 0 bridgehead atoms. The number of nitrogens with one attached hydrogen (secondary N) is 2. The Bertz CT molecular complexity index is 1140. The van der Waals surface area contributed by atoms with E-state index >= 15 is 0 Å². The summed E-state index contributed by atoms with van der Waals surface area (Å²) in [6.45, 7) is 7.55. The van der Waals surface area contributed by atoms with E-state index in [1.807, 2.05) is 40.0 Å². The molecule has 1 aromatic heterocycles. The Hall–Kier alpha value is -2.69. The van der Waals surface area contributed by atoms with Gasteiger partial charge in [0.25, 0.3) is 5.91 Å². The Kier molecular flexibility index (Phi) is 7.87. The number of nitrogens with zero attached hydrogens (tertiary/aromatic N) is 2. The highest BCUT2D eigenvalue weighted by molar-refractivity contribution is 7.12. The van der Waals surface area contributed by atoms with Crippen molar-refractivity contribution in [2.45, 2.75) is 64.5 Å². The molecule has 2 aliphatic heterocycles. The Labute approximate surface area is 214 Å². The summed E-state index contributed by atoms with van der Waals surface area (Å²) in [5.74, 6) is -1.06. The minimum atomic E-state index is -1.42. The fourth-order valence-electron chi connectivity index (χ4n) is 4.73. The lowest BCUT2D eigenvalue weighted by atomic mass is 10.0. The first-order chi connectivity index (χ1) is 17.1. The SMILES string of the molecule is CN[C@@H](C)c1nc(-c2ccc(C(=O)N[C@@H](CC(C)C)C(=O)N3C[C@H](F)[C@H]4OCC(=O)[C@H]43)cc2)c(C)s1. The zero-order chi connectivity index (χ0) is 26.1. The summed E-state index contributed by atoms with van der Waals surface area (Å²) >= 11 is 1.63. The molecule has 1 aromatic carbocycles. The van der Waals surface area contributed by atoms with Crippen LogP contribution < -0.4 is 10.6 Å². The number of thiazole rings is 1. The second-order valence-corrected chi connectivity index (χ2v) is 11.1. The molecule has 10 heteroatoms. The van der Waals surface area contributed by atoms with Crippen molar-refractivity contribution in [2.24, 2.45) is 5.92 Å². The minimum Gasteiger partial charge on any atom is -0.365 e. The molecule has 194 valence electrons. The number of Topliss-reactive ketones (excluding diaryl/α,β-unsaturated/α-hetero) is 1. The van der Waals surface area contributed by atoms with Crippen molar-refractivity contribution >= 4 is 28.9 Å². The van der Waals surface area contributed by atoms with Crippen LogP contribution in [0.15, 0.2) is 24.3 Å². The van der Waals surface area contributed by atoms with Gasteiger partial charge >= 0.3 is 0 Å². The molecule has 3 heterocycles. The van der Waals surface area contributed by atoms with Gasteiger partial charge in [0.15, 0.2) is 5.78 Å². The molecular formula is C26H33FN4O4S. The third-order valence-electron chi connectivity index (χ3n) is 6.75. The van der Waals surface area contributed by atoms with E-state index in [1.165, 1.54) is 4.90 Å². The van der Waals surface area contributed by atoms with Crippen LogP contribution in [-0.2, 0) is 14.3 Å². The number of fused-ring (bicyclic) bond motifs is 1. The van der Waals surface area contributed by atoms with Gasteiger partial charge in [-0.3, -0.25) is 14.4 Å². The van der Waals surface area contributed by atoms with E-state index in [9.17, 15) is 18.8 Å². The quantitative estimate of drug-likeness (QED) is 0.560. The van der Waals surface area contributed by atoms with Crippen LogP contribution in [0.25, 0.3) is 11.3 Å². The topological polar surface area (TPSA) is 101 Å². The summed E-state index contributed by atoms with van der Waals surface area (Å²) < 4.78 is 19.7. The van der Waals surface area contributed by atoms with Crippen LogP contribution in [0, 0.1) is 12.8 Å². The Morgan fingerprint density at radius 1 is 1.25 bits per heavy atom. The largest absolute Gasteiger partial charge is 0.365 e. The molecule has 2 aromatic rings. The first kappa shape index (κ1) is 26.4. The van der Waals surface area contributed by atoms with Gasteiger partial charge in [-0.05, 0) is 45.4 Å². The maximum absolute atomic E-state index is 14.4. The summed E-state index contributed by atoms with van der Waals surface area (Å²) in [4.78, 5) is 45.8. The van der Waals surface area contributed by atoms with Crippen molar-refractivity contribution < 1.29 is 23.5 Å². The number of carbonyl (C=O) groups is 3. The zero-order valence-corrected chi connectivity index (χ0v) is 22.0. The number of ketones is 1. The number of alkyl halides is 1. The summed E-state index contributed by atoms with van der Waals surface area (Å²) in [5.41, 5.74) is 2.19. The summed E-state index contributed by atoms with van der Waals surface area (Å²) in [6.07, 6.45) is -1.97. The second kappa shape index (κ2) is 10.7. The first-order valence-electron chi connectivity index (χ1n) is 12.3. The monoisotopic (exact) mass is 516 g/mol. The van der Waals surface area contributed by atoms with Crippen LogP contribution in [0.4, 0.5) is 4.39 Å². The van der Waals surface area contributed by atoms with E-state index < -0.39 is 36.2 Å². The molecule has 2 fully saturated rings. The highest BCUT2D eigenvalue weighted by Crippen LogP contribution is 2.32. The van der Waals surface area contributed by atoms with E-state index in [2.05, 4.69) is 17.6 Å². The molecular weight excluding hydrogens is 483 g/mol. The highest BCUT2D eigenvalue weighted by Gasteiger charge is 2.53. The first-order valence-corrected chi connectivity index (χ1v) is 13.1. The molecule has 2 N–H and O–H groups in total. The number of rotatable bonds is 8.